The van der Waals surface area contributed by atoms with E-state index in [-0.39, 0.29) is 0 Å². The van der Waals surface area contributed by atoms with E-state index in [1.165, 1.54) is 24.9 Å². The first-order valence-corrected chi connectivity index (χ1v) is 7.81. The van der Waals surface area contributed by atoms with E-state index >= 15 is 0 Å². The van der Waals surface area contributed by atoms with Crippen molar-refractivity contribution in [3.05, 3.63) is 23.3 Å². The molecule has 0 aliphatic heterocycles. The van der Waals surface area contributed by atoms with Gasteiger partial charge in [0.1, 0.15) is 5.75 Å². The second-order valence-corrected chi connectivity index (χ2v) is 7.95. The fourth-order valence-corrected chi connectivity index (χ4v) is 4.77. The molecular weight excluding hydrogens is 246 g/mol. The van der Waals surface area contributed by atoms with Gasteiger partial charge in [-0.1, -0.05) is 20.8 Å². The Balaban J connectivity index is 1.93. The van der Waals surface area contributed by atoms with Gasteiger partial charge in [0.15, 0.2) is 0 Å². The molecule has 3 atom stereocenters. The van der Waals surface area contributed by atoms with Crippen LogP contribution in [-0.4, -0.2) is 11.1 Å². The highest BCUT2D eigenvalue weighted by Gasteiger charge is 2.59. The van der Waals surface area contributed by atoms with Crippen LogP contribution in [0, 0.1) is 30.6 Å². The number of nitrogens with one attached hydrogen (secondary N) is 1. The average molecular weight is 273 g/mol. The monoisotopic (exact) mass is 273 g/mol. The number of phenolic OH excluding ortho intramolecular Hbond substituents is 1. The fraction of sp³-hybridized carbons (Fsp3) is 0.667. The van der Waals surface area contributed by atoms with Crippen molar-refractivity contribution in [2.75, 3.05) is 5.32 Å². The maximum absolute atomic E-state index is 9.82. The van der Waals surface area contributed by atoms with Crippen LogP contribution in [0.1, 0.15) is 51.2 Å². The minimum Gasteiger partial charge on any atom is -0.508 e. The van der Waals surface area contributed by atoms with Crippen LogP contribution in [0.15, 0.2) is 12.1 Å². The maximum Gasteiger partial charge on any atom is 0.118 e. The molecule has 0 aromatic heterocycles. The summed E-state index contributed by atoms with van der Waals surface area (Å²) in [6.07, 6.45) is 4.08. The van der Waals surface area contributed by atoms with E-state index in [1.807, 2.05) is 13.0 Å². The van der Waals surface area contributed by atoms with Gasteiger partial charge in [0, 0.05) is 11.7 Å². The summed E-state index contributed by atoms with van der Waals surface area (Å²) >= 11 is 0. The molecule has 20 heavy (non-hydrogen) atoms. The van der Waals surface area contributed by atoms with E-state index in [2.05, 4.69) is 39.1 Å². The molecule has 2 nitrogen and oxygen atoms in total. The van der Waals surface area contributed by atoms with Crippen LogP contribution >= 0.6 is 0 Å². The van der Waals surface area contributed by atoms with Crippen LogP contribution in [0.2, 0.25) is 0 Å². The van der Waals surface area contributed by atoms with E-state index in [1.54, 1.807) is 0 Å². The molecule has 110 valence electrons. The number of aromatic hydroxyl groups is 1. The molecule has 2 aliphatic carbocycles. The zero-order chi connectivity index (χ0) is 14.7. The molecule has 1 aromatic rings. The zero-order valence-corrected chi connectivity index (χ0v) is 13.4. The molecule has 2 aliphatic rings. The first-order valence-electron chi connectivity index (χ1n) is 7.81. The Morgan fingerprint density at radius 1 is 1.15 bits per heavy atom. The third-order valence-electron chi connectivity index (χ3n) is 6.11. The number of hydrogen-bond acceptors (Lipinski definition) is 2. The second-order valence-electron chi connectivity index (χ2n) is 7.95. The normalized spacial score (nSPS) is 34.5. The Labute approximate surface area is 122 Å². The molecule has 2 N–H and O–H groups in total. The van der Waals surface area contributed by atoms with E-state index in [9.17, 15) is 5.11 Å². The lowest BCUT2D eigenvalue weighted by molar-refractivity contribution is 0.155. The number of rotatable bonds is 2. The molecule has 0 radical (unpaired) electrons. The second kappa shape index (κ2) is 4.16. The predicted molar refractivity (Wildman–Crippen MR) is 84.2 cm³/mol. The van der Waals surface area contributed by atoms with Crippen molar-refractivity contribution >= 4 is 5.69 Å². The predicted octanol–water partition coefficient (Wildman–Crippen LogP) is 4.64. The molecule has 0 heterocycles. The Hall–Kier alpha value is -1.18. The molecule has 1 aromatic carbocycles. The maximum atomic E-state index is 9.82. The minimum atomic E-state index is 0.352. The first kappa shape index (κ1) is 13.8. The lowest BCUT2D eigenvalue weighted by Crippen LogP contribution is -2.45. The summed E-state index contributed by atoms with van der Waals surface area (Å²) in [6, 6.07) is 4.49. The fourth-order valence-electron chi connectivity index (χ4n) is 4.77. The molecule has 0 spiro atoms. The lowest BCUT2D eigenvalue weighted by atomic mass is 9.68. The summed E-state index contributed by atoms with van der Waals surface area (Å²) < 4.78 is 0. The van der Waals surface area contributed by atoms with Gasteiger partial charge in [-0.2, -0.15) is 0 Å². The Bertz CT molecular complexity index is 544. The number of phenols is 1. The van der Waals surface area contributed by atoms with Crippen molar-refractivity contribution in [2.24, 2.45) is 16.7 Å². The summed E-state index contributed by atoms with van der Waals surface area (Å²) in [5.74, 6) is 1.25. The summed E-state index contributed by atoms with van der Waals surface area (Å²) in [7, 11) is 0. The van der Waals surface area contributed by atoms with Crippen molar-refractivity contribution in [3.63, 3.8) is 0 Å². The first-order chi connectivity index (χ1) is 9.24. The van der Waals surface area contributed by atoms with Gasteiger partial charge in [0.05, 0.1) is 0 Å². The number of aryl methyl sites for hydroxylation is 2. The summed E-state index contributed by atoms with van der Waals surface area (Å²) in [4.78, 5) is 0. The molecule has 1 unspecified atom stereocenters. The Kier molecular flexibility index (Phi) is 2.87. The third kappa shape index (κ3) is 1.84. The van der Waals surface area contributed by atoms with Crippen LogP contribution in [0.25, 0.3) is 0 Å². The van der Waals surface area contributed by atoms with E-state index < -0.39 is 0 Å². The standard InChI is InChI=1S/C18H27NO/c1-11-9-15(20)12(2)8-14(11)19-16-17(3,4)13-6-7-18(16,5)10-13/h8-9,13,16,19-20H,6-7,10H2,1-5H3/t13-,16?,18+/m0/s1. The number of anilines is 1. The topological polar surface area (TPSA) is 32.3 Å². The molecule has 0 saturated heterocycles. The third-order valence-corrected chi connectivity index (χ3v) is 6.11. The number of benzene rings is 1. The van der Waals surface area contributed by atoms with E-state index in [4.69, 9.17) is 0 Å². The highest BCUT2D eigenvalue weighted by molar-refractivity contribution is 5.58. The van der Waals surface area contributed by atoms with Crippen LogP contribution < -0.4 is 5.32 Å². The van der Waals surface area contributed by atoms with Gasteiger partial charge in [-0.05, 0) is 73.1 Å². The zero-order valence-electron chi connectivity index (χ0n) is 13.4. The van der Waals surface area contributed by atoms with Gasteiger partial charge in [-0.3, -0.25) is 0 Å². The Morgan fingerprint density at radius 2 is 1.85 bits per heavy atom. The smallest absolute Gasteiger partial charge is 0.118 e. The molecule has 2 bridgehead atoms. The molecule has 2 saturated carbocycles. The summed E-state index contributed by atoms with van der Waals surface area (Å²) in [5, 5.41) is 13.6. The summed E-state index contributed by atoms with van der Waals surface area (Å²) in [6.45, 7) is 11.3. The number of fused-ring (bicyclic) bond motifs is 2. The Morgan fingerprint density at radius 3 is 2.45 bits per heavy atom. The van der Waals surface area contributed by atoms with Gasteiger partial charge in [0.25, 0.3) is 0 Å². The van der Waals surface area contributed by atoms with E-state index in [0.29, 0.717) is 22.6 Å². The number of hydrogen-bond donors (Lipinski definition) is 2. The van der Waals surface area contributed by atoms with Crippen LogP contribution in [0.5, 0.6) is 5.75 Å². The highest BCUT2D eigenvalue weighted by atomic mass is 16.3. The largest absolute Gasteiger partial charge is 0.508 e. The summed E-state index contributed by atoms with van der Waals surface area (Å²) in [5.41, 5.74) is 4.05. The molecule has 0 amide bonds. The van der Waals surface area contributed by atoms with Crippen LogP contribution in [0.4, 0.5) is 5.69 Å². The lowest BCUT2D eigenvalue weighted by Gasteiger charge is -2.44. The molecule has 3 rings (SSSR count). The SMILES string of the molecule is Cc1cc(NC2C(C)(C)[C@H]3CC[C@]2(C)C3)c(C)cc1O. The molecular formula is C18H27NO. The van der Waals surface area contributed by atoms with Crippen molar-refractivity contribution in [1.29, 1.82) is 0 Å². The molecule has 2 fully saturated rings. The average Bonchev–Trinajstić information content (AvgIpc) is 2.82. The van der Waals surface area contributed by atoms with Crippen molar-refractivity contribution < 1.29 is 5.11 Å². The van der Waals surface area contributed by atoms with Crippen LogP contribution in [-0.2, 0) is 0 Å². The van der Waals surface area contributed by atoms with E-state index in [0.717, 1.165) is 17.0 Å². The van der Waals surface area contributed by atoms with Gasteiger partial charge in [0.2, 0.25) is 0 Å². The molecule has 2 heteroatoms. The van der Waals surface area contributed by atoms with Crippen molar-refractivity contribution in [2.45, 2.75) is 59.9 Å². The van der Waals surface area contributed by atoms with Gasteiger partial charge in [-0.15, -0.1) is 0 Å². The highest BCUT2D eigenvalue weighted by Crippen LogP contribution is 2.63. The minimum absolute atomic E-state index is 0.352. The quantitative estimate of drug-likeness (QED) is 0.770. The van der Waals surface area contributed by atoms with Crippen molar-refractivity contribution in [3.8, 4) is 5.75 Å². The van der Waals surface area contributed by atoms with Crippen LogP contribution in [0.3, 0.4) is 0 Å². The van der Waals surface area contributed by atoms with Gasteiger partial charge in [-0.25, -0.2) is 0 Å². The van der Waals surface area contributed by atoms with Gasteiger partial charge < -0.3 is 10.4 Å². The van der Waals surface area contributed by atoms with Gasteiger partial charge >= 0.3 is 0 Å². The van der Waals surface area contributed by atoms with Crippen molar-refractivity contribution in [1.82, 2.24) is 0 Å².